The van der Waals surface area contributed by atoms with Crippen LogP contribution in [0, 0.1) is 0 Å². The first kappa shape index (κ1) is 14.6. The van der Waals surface area contributed by atoms with E-state index in [4.69, 9.17) is 18.9 Å². The minimum absolute atomic E-state index is 0.213. The van der Waals surface area contributed by atoms with Crippen LogP contribution >= 0.6 is 0 Å². The quantitative estimate of drug-likeness (QED) is 0.684. The molecule has 0 spiro atoms. The Kier molecular flexibility index (Phi) is 2.85. The molecule has 4 nitrogen and oxygen atoms in total. The first-order chi connectivity index (χ1) is 10.8. The van der Waals surface area contributed by atoms with Crippen molar-refractivity contribution in [2.75, 3.05) is 0 Å². The fraction of sp³-hybridized carbons (Fsp3) is 0.789. The van der Waals surface area contributed by atoms with Crippen LogP contribution < -0.4 is 0 Å². The molecule has 0 bridgehead atoms. The number of hydrogen-bond acceptors (Lipinski definition) is 4. The van der Waals surface area contributed by atoms with Crippen molar-refractivity contribution in [3.8, 4) is 0 Å². The lowest BCUT2D eigenvalue weighted by Crippen LogP contribution is -2.30. The summed E-state index contributed by atoms with van der Waals surface area (Å²) in [6, 6.07) is 0. The molecule has 5 aliphatic rings. The van der Waals surface area contributed by atoms with Crippen LogP contribution in [0.3, 0.4) is 0 Å². The maximum absolute atomic E-state index is 6.13. The van der Waals surface area contributed by atoms with Crippen LogP contribution in [0.4, 0.5) is 0 Å². The lowest BCUT2D eigenvalue weighted by molar-refractivity contribution is -0.146. The van der Waals surface area contributed by atoms with Crippen LogP contribution in [0.25, 0.3) is 0 Å². The Labute approximate surface area is 137 Å². The van der Waals surface area contributed by atoms with E-state index in [-0.39, 0.29) is 24.4 Å². The molecule has 0 amide bonds. The molecule has 3 aliphatic carbocycles. The second-order valence-corrected chi connectivity index (χ2v) is 8.58. The molecule has 126 valence electrons. The molecule has 4 heteroatoms. The second-order valence-electron chi connectivity index (χ2n) is 8.58. The standard InChI is InChI=1S/C19H26O4/c1-18(2)20-14-6-10-5-11-7-15-17(23-19(3,4)21-15)9-13(11)12(10)8-16(14)22-18/h14-17H,5-9H2,1-4H3/t14-,15-,16-,17-/m0/s1. The van der Waals surface area contributed by atoms with E-state index in [9.17, 15) is 0 Å². The van der Waals surface area contributed by atoms with Crippen molar-refractivity contribution < 1.29 is 18.9 Å². The van der Waals surface area contributed by atoms with Crippen molar-refractivity contribution in [3.05, 3.63) is 22.3 Å². The summed E-state index contributed by atoms with van der Waals surface area (Å²) >= 11 is 0. The third-order valence-corrected chi connectivity index (χ3v) is 5.92. The number of ether oxygens (including phenoxy) is 4. The van der Waals surface area contributed by atoms with E-state index >= 15 is 0 Å². The molecular weight excluding hydrogens is 292 g/mol. The van der Waals surface area contributed by atoms with E-state index in [1.807, 2.05) is 27.7 Å². The number of hydrogen-bond donors (Lipinski definition) is 0. The predicted octanol–water partition coefficient (Wildman–Crippen LogP) is 3.61. The maximum atomic E-state index is 6.13. The molecule has 23 heavy (non-hydrogen) atoms. The Morgan fingerprint density at radius 1 is 0.609 bits per heavy atom. The highest BCUT2D eigenvalue weighted by Crippen LogP contribution is 2.52. The number of fused-ring (bicyclic) bond motifs is 3. The molecule has 0 aromatic heterocycles. The molecule has 5 rings (SSSR count). The van der Waals surface area contributed by atoms with Crippen LogP contribution in [0.1, 0.15) is 59.8 Å². The molecule has 2 heterocycles. The van der Waals surface area contributed by atoms with Gasteiger partial charge in [-0.2, -0.15) is 0 Å². The summed E-state index contributed by atoms with van der Waals surface area (Å²) in [7, 11) is 0. The van der Waals surface area contributed by atoms with Gasteiger partial charge in [0.1, 0.15) is 0 Å². The van der Waals surface area contributed by atoms with Gasteiger partial charge in [-0.05, 0) is 58.1 Å². The molecule has 2 fully saturated rings. The van der Waals surface area contributed by atoms with Crippen molar-refractivity contribution >= 4 is 0 Å². The summed E-state index contributed by atoms with van der Waals surface area (Å²) in [4.78, 5) is 0. The summed E-state index contributed by atoms with van der Waals surface area (Å²) in [5.74, 6) is -0.868. The van der Waals surface area contributed by atoms with Gasteiger partial charge in [-0.25, -0.2) is 0 Å². The lowest BCUT2D eigenvalue weighted by atomic mass is 9.83. The zero-order valence-corrected chi connectivity index (χ0v) is 14.5. The van der Waals surface area contributed by atoms with Gasteiger partial charge in [0.05, 0.1) is 24.4 Å². The van der Waals surface area contributed by atoms with Crippen molar-refractivity contribution in [2.45, 2.75) is 95.8 Å². The molecule has 0 N–H and O–H groups in total. The van der Waals surface area contributed by atoms with Crippen LogP contribution in [-0.2, 0) is 18.9 Å². The van der Waals surface area contributed by atoms with Gasteiger partial charge in [-0.1, -0.05) is 11.1 Å². The Bertz CT molecular complexity index is 573. The molecule has 2 saturated heterocycles. The van der Waals surface area contributed by atoms with Gasteiger partial charge >= 0.3 is 0 Å². The fourth-order valence-electron chi connectivity index (χ4n) is 5.22. The summed E-state index contributed by atoms with van der Waals surface area (Å²) in [6.07, 6.45) is 6.07. The van der Waals surface area contributed by atoms with Crippen molar-refractivity contribution in [3.63, 3.8) is 0 Å². The van der Waals surface area contributed by atoms with Gasteiger partial charge in [0, 0.05) is 12.8 Å². The van der Waals surface area contributed by atoms with E-state index in [1.165, 1.54) is 0 Å². The van der Waals surface area contributed by atoms with Gasteiger partial charge in [-0.15, -0.1) is 0 Å². The van der Waals surface area contributed by atoms with Crippen LogP contribution in [-0.4, -0.2) is 36.0 Å². The van der Waals surface area contributed by atoms with E-state index in [1.54, 1.807) is 22.3 Å². The first-order valence-electron chi connectivity index (χ1n) is 8.93. The highest BCUT2D eigenvalue weighted by atomic mass is 16.8. The molecule has 0 unspecified atom stereocenters. The minimum atomic E-state index is -0.434. The summed E-state index contributed by atoms with van der Waals surface area (Å²) < 4.78 is 24.4. The van der Waals surface area contributed by atoms with Gasteiger partial charge in [0.25, 0.3) is 0 Å². The van der Waals surface area contributed by atoms with E-state index in [0.717, 1.165) is 32.1 Å². The van der Waals surface area contributed by atoms with Crippen molar-refractivity contribution in [1.82, 2.24) is 0 Å². The van der Waals surface area contributed by atoms with Crippen molar-refractivity contribution in [2.24, 2.45) is 0 Å². The molecule has 0 aromatic carbocycles. The predicted molar refractivity (Wildman–Crippen MR) is 84.8 cm³/mol. The van der Waals surface area contributed by atoms with Crippen LogP contribution in [0.15, 0.2) is 22.3 Å². The Balaban J connectivity index is 1.39. The SMILES string of the molecule is CC1(C)O[C@H]2CC3=C(C[C@@H]2O1)C1=C(C3)C[C@@H]2OC(C)(C)O[C@H]2C1. The topological polar surface area (TPSA) is 36.9 Å². The van der Waals surface area contributed by atoms with Crippen LogP contribution in [0.5, 0.6) is 0 Å². The average Bonchev–Trinajstić information content (AvgIpc) is 3.00. The van der Waals surface area contributed by atoms with Gasteiger partial charge < -0.3 is 18.9 Å². The van der Waals surface area contributed by atoms with Gasteiger partial charge in [0.15, 0.2) is 11.6 Å². The fourth-order valence-corrected chi connectivity index (χ4v) is 5.22. The largest absolute Gasteiger partial charge is 0.344 e. The molecule has 4 atom stereocenters. The smallest absolute Gasteiger partial charge is 0.163 e. The molecule has 0 saturated carbocycles. The molecular formula is C19H26O4. The summed E-state index contributed by atoms with van der Waals surface area (Å²) in [5, 5.41) is 0. The van der Waals surface area contributed by atoms with Gasteiger partial charge in [-0.3, -0.25) is 0 Å². The van der Waals surface area contributed by atoms with E-state index in [0.29, 0.717) is 0 Å². The summed E-state index contributed by atoms with van der Waals surface area (Å²) in [6.45, 7) is 8.10. The monoisotopic (exact) mass is 318 g/mol. The second kappa shape index (κ2) is 4.48. The molecule has 0 radical (unpaired) electrons. The van der Waals surface area contributed by atoms with E-state index < -0.39 is 11.6 Å². The highest BCUT2D eigenvalue weighted by Gasteiger charge is 2.50. The molecule has 0 aromatic rings. The lowest BCUT2D eigenvalue weighted by Gasteiger charge is -2.28. The maximum Gasteiger partial charge on any atom is 0.163 e. The normalized spacial score (nSPS) is 43.3. The Morgan fingerprint density at radius 2 is 0.957 bits per heavy atom. The number of rotatable bonds is 0. The Morgan fingerprint density at radius 3 is 1.35 bits per heavy atom. The zero-order chi connectivity index (χ0) is 16.0. The summed E-state index contributed by atoms with van der Waals surface area (Å²) in [5.41, 5.74) is 6.26. The van der Waals surface area contributed by atoms with Gasteiger partial charge in [0.2, 0.25) is 0 Å². The first-order valence-corrected chi connectivity index (χ1v) is 8.93. The third kappa shape index (κ3) is 2.26. The molecule has 2 aliphatic heterocycles. The Hall–Kier alpha value is -0.680. The van der Waals surface area contributed by atoms with Crippen molar-refractivity contribution in [1.29, 1.82) is 0 Å². The highest BCUT2D eigenvalue weighted by molar-refractivity contribution is 5.51. The average molecular weight is 318 g/mol. The van der Waals surface area contributed by atoms with E-state index in [2.05, 4.69) is 0 Å². The van der Waals surface area contributed by atoms with Crippen LogP contribution in [0.2, 0.25) is 0 Å². The minimum Gasteiger partial charge on any atom is -0.344 e. The zero-order valence-electron chi connectivity index (χ0n) is 14.5. The third-order valence-electron chi connectivity index (χ3n) is 5.92.